The van der Waals surface area contributed by atoms with Gasteiger partial charge < -0.3 is 20.1 Å². The van der Waals surface area contributed by atoms with Crippen LogP contribution in [-0.2, 0) is 13.1 Å². The van der Waals surface area contributed by atoms with Gasteiger partial charge in [0.2, 0.25) is 0 Å². The fourth-order valence-corrected chi connectivity index (χ4v) is 7.05. The lowest BCUT2D eigenvalue weighted by molar-refractivity contribution is 0.0950. The predicted octanol–water partition coefficient (Wildman–Crippen LogP) is 9.95. The summed E-state index contributed by atoms with van der Waals surface area (Å²) in [6.07, 6.45) is 11.1. The summed E-state index contributed by atoms with van der Waals surface area (Å²) >= 11 is 7.99. The number of aliphatic hydroxyl groups is 1. The van der Waals surface area contributed by atoms with Crippen molar-refractivity contribution in [2.45, 2.75) is 108 Å². The van der Waals surface area contributed by atoms with Crippen LogP contribution in [0.5, 0.6) is 5.75 Å². The summed E-state index contributed by atoms with van der Waals surface area (Å²) < 4.78 is 62.4. The fourth-order valence-electron chi connectivity index (χ4n) is 5.61. The molecule has 4 rings (SSSR count). The number of fused-ring (bicyclic) bond motifs is 1. The van der Waals surface area contributed by atoms with E-state index in [4.69, 9.17) is 16.3 Å². The molecule has 1 aliphatic rings. The number of hydrogen-bond acceptors (Lipinski definition) is 5. The van der Waals surface area contributed by atoms with Crippen molar-refractivity contribution in [3.05, 3.63) is 87.4 Å². The van der Waals surface area contributed by atoms with Gasteiger partial charge in [0, 0.05) is 40.3 Å². The van der Waals surface area contributed by atoms with Gasteiger partial charge in [-0.05, 0) is 43.7 Å². The van der Waals surface area contributed by atoms with Crippen LogP contribution in [-0.4, -0.2) is 29.1 Å². The molecule has 2 N–H and O–H groups in total. The smallest absolute Gasteiger partial charge is 0.251 e. The highest BCUT2D eigenvalue weighted by molar-refractivity contribution is 8.00. The van der Waals surface area contributed by atoms with Gasteiger partial charge in [0.1, 0.15) is 35.2 Å². The van der Waals surface area contributed by atoms with Gasteiger partial charge in [-0.2, -0.15) is 0 Å². The molecular weight excluding hydrogens is 652 g/mol. The van der Waals surface area contributed by atoms with E-state index in [1.807, 2.05) is 6.92 Å². The van der Waals surface area contributed by atoms with Gasteiger partial charge in [-0.1, -0.05) is 76.3 Å². The molecule has 47 heavy (non-hydrogen) atoms. The molecule has 256 valence electrons. The lowest BCUT2D eigenvalue weighted by atomic mass is 10.1. The molecule has 2 atom stereocenters. The third kappa shape index (κ3) is 10.0. The highest BCUT2D eigenvalue weighted by atomic mass is 35.5. The standard InChI is InChI=1S/C36H43ClF4N2O3S/c1-3-4-5-6-7-8-9-10-11-12-17-46-32-16-14-28(39)27(34(32)37)22-43-31-15-13-24(18-33(31)47-23(2)36(43)45)35(44)42-21-26-29(40)19-25(38)20-30(26)41/h13-16,18-20,23,36,45H,3-12,17,21-22H2,1-2H3,(H,42,44). The van der Waals surface area contributed by atoms with E-state index in [9.17, 15) is 23.1 Å². The molecule has 0 spiro atoms. The van der Waals surface area contributed by atoms with Crippen molar-refractivity contribution in [3.8, 4) is 5.75 Å². The Morgan fingerprint density at radius 2 is 1.53 bits per heavy atom. The van der Waals surface area contributed by atoms with Crippen molar-refractivity contribution in [1.82, 2.24) is 5.32 Å². The van der Waals surface area contributed by atoms with E-state index in [-0.39, 0.29) is 27.9 Å². The Kier molecular flexibility index (Phi) is 14.1. The number of benzene rings is 3. The lowest BCUT2D eigenvalue weighted by Gasteiger charge is -2.39. The normalized spacial score (nSPS) is 15.9. The minimum Gasteiger partial charge on any atom is -0.492 e. The quantitative estimate of drug-likeness (QED) is 0.109. The van der Waals surface area contributed by atoms with Crippen LogP contribution in [0.4, 0.5) is 23.2 Å². The zero-order valence-electron chi connectivity index (χ0n) is 26.9. The van der Waals surface area contributed by atoms with Crippen molar-refractivity contribution >= 4 is 35.0 Å². The Labute approximate surface area is 284 Å². The average molecular weight is 695 g/mol. The summed E-state index contributed by atoms with van der Waals surface area (Å²) in [5.74, 6) is -3.98. The van der Waals surface area contributed by atoms with Crippen LogP contribution in [0.2, 0.25) is 5.02 Å². The number of nitrogens with one attached hydrogen (secondary N) is 1. The topological polar surface area (TPSA) is 61.8 Å². The van der Waals surface area contributed by atoms with Gasteiger partial charge in [-0.25, -0.2) is 17.6 Å². The molecule has 0 saturated heterocycles. The number of anilines is 1. The average Bonchev–Trinajstić information content (AvgIpc) is 3.03. The first-order chi connectivity index (χ1) is 22.6. The molecule has 1 amide bonds. The van der Waals surface area contributed by atoms with E-state index in [1.165, 1.54) is 74.9 Å². The summed E-state index contributed by atoms with van der Waals surface area (Å²) in [7, 11) is 0. The molecule has 1 aliphatic heterocycles. The number of nitrogens with zero attached hydrogens (tertiary/aromatic N) is 1. The Hall–Kier alpha value is -2.95. The summed E-state index contributed by atoms with van der Waals surface area (Å²) in [6, 6.07) is 8.67. The second-order valence-corrected chi connectivity index (χ2v) is 13.7. The number of unbranched alkanes of at least 4 members (excludes halogenated alkanes) is 9. The van der Waals surface area contributed by atoms with Crippen molar-refractivity contribution < 1.29 is 32.2 Å². The molecular formula is C36H43ClF4N2O3S. The molecule has 5 nitrogen and oxygen atoms in total. The molecule has 0 radical (unpaired) electrons. The molecule has 3 aromatic carbocycles. The first-order valence-corrected chi connectivity index (χ1v) is 17.6. The SMILES string of the molecule is CCCCCCCCCCCCOc1ccc(F)c(CN2c3ccc(C(=O)NCc4c(F)cc(F)cc4F)cc3SC(C)C2O)c1Cl. The third-order valence-corrected chi connectivity index (χ3v) is 9.96. The third-order valence-electron chi connectivity index (χ3n) is 8.35. The number of carbonyl (C=O) groups is 1. The maximum atomic E-state index is 15.1. The Balaban J connectivity index is 1.37. The van der Waals surface area contributed by atoms with Gasteiger partial charge in [0.25, 0.3) is 5.91 Å². The number of ether oxygens (including phenoxy) is 1. The first-order valence-electron chi connectivity index (χ1n) is 16.4. The van der Waals surface area contributed by atoms with E-state index in [1.54, 1.807) is 17.0 Å². The summed E-state index contributed by atoms with van der Waals surface area (Å²) in [4.78, 5) is 15.1. The number of aliphatic hydroxyl groups excluding tert-OH is 1. The Morgan fingerprint density at radius 1 is 0.894 bits per heavy atom. The molecule has 0 aromatic heterocycles. The number of rotatable bonds is 17. The Bertz CT molecular complexity index is 1490. The first kappa shape index (κ1) is 36.9. The maximum Gasteiger partial charge on any atom is 0.251 e. The number of thioether (sulfide) groups is 1. The molecule has 2 unspecified atom stereocenters. The van der Waals surface area contributed by atoms with Gasteiger partial charge in [0.15, 0.2) is 0 Å². The number of halogens is 5. The highest BCUT2D eigenvalue weighted by Gasteiger charge is 2.33. The largest absolute Gasteiger partial charge is 0.492 e. The minimum absolute atomic E-state index is 0.0478. The second-order valence-electron chi connectivity index (χ2n) is 11.9. The van der Waals surface area contributed by atoms with E-state index >= 15 is 4.39 Å². The zero-order chi connectivity index (χ0) is 33.9. The number of carbonyl (C=O) groups excluding carboxylic acids is 1. The Morgan fingerprint density at radius 3 is 2.19 bits per heavy atom. The van der Waals surface area contributed by atoms with E-state index in [2.05, 4.69) is 12.2 Å². The summed E-state index contributed by atoms with van der Waals surface area (Å²) in [5.41, 5.74) is 0.513. The van der Waals surface area contributed by atoms with Crippen LogP contribution in [0.25, 0.3) is 0 Å². The minimum atomic E-state index is -1.10. The van der Waals surface area contributed by atoms with Crippen LogP contribution >= 0.6 is 23.4 Å². The van der Waals surface area contributed by atoms with Gasteiger partial charge in [0.05, 0.1) is 29.1 Å². The molecule has 0 aliphatic carbocycles. The van der Waals surface area contributed by atoms with Crippen LogP contribution < -0.4 is 15.0 Å². The van der Waals surface area contributed by atoms with Crippen molar-refractivity contribution in [1.29, 1.82) is 0 Å². The summed E-state index contributed by atoms with van der Waals surface area (Å²) in [5, 5.41) is 13.4. The number of hydrogen-bond donors (Lipinski definition) is 2. The lowest BCUT2D eigenvalue weighted by Crippen LogP contribution is -2.44. The maximum absolute atomic E-state index is 15.1. The molecule has 11 heteroatoms. The molecule has 0 saturated carbocycles. The zero-order valence-corrected chi connectivity index (χ0v) is 28.5. The van der Waals surface area contributed by atoms with E-state index in [0.29, 0.717) is 35.1 Å². The summed E-state index contributed by atoms with van der Waals surface area (Å²) in [6.45, 7) is 3.98. The molecule has 1 heterocycles. The molecule has 3 aromatic rings. The van der Waals surface area contributed by atoms with Crippen molar-refractivity contribution in [3.63, 3.8) is 0 Å². The van der Waals surface area contributed by atoms with E-state index in [0.717, 1.165) is 19.3 Å². The predicted molar refractivity (Wildman–Crippen MR) is 180 cm³/mol. The molecule has 0 bridgehead atoms. The van der Waals surface area contributed by atoms with Crippen molar-refractivity contribution in [2.24, 2.45) is 0 Å². The highest BCUT2D eigenvalue weighted by Crippen LogP contribution is 2.43. The second kappa shape index (κ2) is 18.0. The monoisotopic (exact) mass is 694 g/mol. The van der Waals surface area contributed by atoms with Gasteiger partial charge in [-0.3, -0.25) is 4.79 Å². The van der Waals surface area contributed by atoms with Crippen LogP contribution in [0, 0.1) is 23.3 Å². The number of amides is 1. The molecule has 0 fully saturated rings. The van der Waals surface area contributed by atoms with Gasteiger partial charge in [-0.15, -0.1) is 11.8 Å². The van der Waals surface area contributed by atoms with Crippen LogP contribution in [0.3, 0.4) is 0 Å². The fraction of sp³-hybridized carbons (Fsp3) is 0.472. The van der Waals surface area contributed by atoms with Crippen LogP contribution in [0.1, 0.15) is 99.5 Å². The van der Waals surface area contributed by atoms with Crippen molar-refractivity contribution in [2.75, 3.05) is 11.5 Å². The van der Waals surface area contributed by atoms with Crippen LogP contribution in [0.15, 0.2) is 47.4 Å². The van der Waals surface area contributed by atoms with E-state index < -0.39 is 47.5 Å². The van der Waals surface area contributed by atoms with Gasteiger partial charge >= 0.3 is 0 Å².